The van der Waals surface area contributed by atoms with Gasteiger partial charge in [0.25, 0.3) is 0 Å². The molecule has 4 heterocycles. The van der Waals surface area contributed by atoms with Crippen LogP contribution in [0.15, 0.2) is 11.6 Å². The van der Waals surface area contributed by atoms with Crippen molar-refractivity contribution in [3.63, 3.8) is 0 Å². The van der Waals surface area contributed by atoms with Gasteiger partial charge in [0.2, 0.25) is 6.29 Å². The molecule has 4 saturated heterocycles. The van der Waals surface area contributed by atoms with Crippen molar-refractivity contribution in [1.29, 1.82) is 0 Å². The number of esters is 1. The van der Waals surface area contributed by atoms with Crippen molar-refractivity contribution < 1.29 is 124 Å². The molecule has 79 heavy (non-hydrogen) atoms. The Kier molecular flexibility index (Phi) is 17.4. The van der Waals surface area contributed by atoms with E-state index in [1.165, 1.54) is 0 Å². The highest BCUT2D eigenvalue weighted by atomic mass is 16.8. The topological polar surface area (TPSA) is 411 Å². The van der Waals surface area contributed by atoms with E-state index < -0.39 is 189 Å². The van der Waals surface area contributed by atoms with Crippen molar-refractivity contribution in [2.75, 3.05) is 26.4 Å². The number of carboxylic acids is 1. The second-order valence-corrected chi connectivity index (χ2v) is 26.1. The number of allylic oxidation sites excluding steroid dienone is 2. The Labute approximate surface area is 457 Å². The van der Waals surface area contributed by atoms with E-state index in [0.717, 1.165) is 5.57 Å². The lowest BCUT2D eigenvalue weighted by molar-refractivity contribution is -0.389. The Bertz CT molecular complexity index is 2220. The van der Waals surface area contributed by atoms with Gasteiger partial charge in [-0.3, -0.25) is 9.59 Å². The minimum absolute atomic E-state index is 0.0541. The number of rotatable bonds is 13. The first-order valence-electron chi connectivity index (χ1n) is 28.0. The lowest BCUT2D eigenvalue weighted by atomic mass is 9.33. The van der Waals surface area contributed by atoms with E-state index in [2.05, 4.69) is 40.7 Å². The van der Waals surface area contributed by atoms with Gasteiger partial charge in [-0.25, -0.2) is 0 Å². The Hall–Kier alpha value is -2.16. The minimum atomic E-state index is -2.13. The van der Waals surface area contributed by atoms with E-state index in [0.29, 0.717) is 64.2 Å². The Morgan fingerprint density at radius 1 is 0.557 bits per heavy atom. The molecule has 4 aliphatic heterocycles. The maximum atomic E-state index is 15.6. The predicted molar refractivity (Wildman–Crippen MR) is 265 cm³/mol. The summed E-state index contributed by atoms with van der Waals surface area (Å²) < 4.78 is 47.3. The van der Waals surface area contributed by atoms with E-state index in [1.807, 2.05) is 0 Å². The first-order chi connectivity index (χ1) is 37.0. The fourth-order valence-corrected chi connectivity index (χ4v) is 16.3. The average molecular weight is 1140 g/mol. The van der Waals surface area contributed by atoms with Crippen LogP contribution in [0.2, 0.25) is 0 Å². The normalized spacial score (nSPS) is 53.5. The monoisotopic (exact) mass is 1130 g/mol. The molecule has 8 fully saturated rings. The lowest BCUT2D eigenvalue weighted by Gasteiger charge is -2.71. The summed E-state index contributed by atoms with van der Waals surface area (Å²) in [6, 6.07) is 0. The number of fused-ring (bicyclic) bond motifs is 7. The zero-order valence-corrected chi connectivity index (χ0v) is 45.6. The van der Waals surface area contributed by atoms with Gasteiger partial charge in [-0.15, -0.1) is 0 Å². The first-order valence-corrected chi connectivity index (χ1v) is 28.0. The lowest BCUT2D eigenvalue weighted by Crippen LogP contribution is -2.67. The number of carbonyl (C=O) groups is 2. The van der Waals surface area contributed by atoms with Crippen LogP contribution in [0.25, 0.3) is 0 Å². The van der Waals surface area contributed by atoms with E-state index in [4.69, 9.17) is 37.9 Å². The summed E-state index contributed by atoms with van der Waals surface area (Å²) in [5, 5.41) is 162. The van der Waals surface area contributed by atoms with Gasteiger partial charge in [-0.2, -0.15) is 0 Å². The van der Waals surface area contributed by atoms with Gasteiger partial charge in [0.1, 0.15) is 97.7 Å². The van der Waals surface area contributed by atoms with Gasteiger partial charge in [0.15, 0.2) is 18.9 Å². The largest absolute Gasteiger partial charge is 0.481 e. The molecule has 5 aliphatic carbocycles. The van der Waals surface area contributed by atoms with Crippen molar-refractivity contribution in [3.05, 3.63) is 11.6 Å². The van der Waals surface area contributed by atoms with E-state index in [-0.39, 0.29) is 28.6 Å². The molecular formula is C54H86O25. The number of aliphatic carboxylic acids is 1. The van der Waals surface area contributed by atoms with E-state index in [1.54, 1.807) is 6.92 Å². The predicted octanol–water partition coefficient (Wildman–Crippen LogP) is -2.97. The number of aliphatic hydroxyl groups excluding tert-OH is 14. The number of aliphatic hydroxyl groups is 14. The smallest absolute Gasteiger partial charge is 0.315 e. The van der Waals surface area contributed by atoms with Crippen LogP contribution in [0.3, 0.4) is 0 Å². The molecule has 0 aromatic rings. The summed E-state index contributed by atoms with van der Waals surface area (Å²) >= 11 is 0. The molecule has 9 aliphatic rings. The van der Waals surface area contributed by atoms with Crippen LogP contribution >= 0.6 is 0 Å². The van der Waals surface area contributed by atoms with E-state index >= 15 is 4.79 Å². The van der Waals surface area contributed by atoms with Crippen molar-refractivity contribution in [3.8, 4) is 0 Å². The summed E-state index contributed by atoms with van der Waals surface area (Å²) in [6.45, 7) is 9.35. The Balaban J connectivity index is 1.03. The highest BCUT2D eigenvalue weighted by Crippen LogP contribution is 2.76. The number of carboxylic acid groups (broad SMARTS) is 1. The summed E-state index contributed by atoms with van der Waals surface area (Å²) in [5.74, 6) is -2.34. The van der Waals surface area contributed by atoms with Crippen LogP contribution in [0.5, 0.6) is 0 Å². The van der Waals surface area contributed by atoms with Gasteiger partial charge in [-0.05, 0) is 111 Å². The quantitative estimate of drug-likeness (QED) is 0.0647. The number of hydrogen-bond donors (Lipinski definition) is 15. The molecule has 0 aromatic carbocycles. The molecule has 0 bridgehead atoms. The van der Waals surface area contributed by atoms with Gasteiger partial charge in [0.05, 0.1) is 43.4 Å². The van der Waals surface area contributed by atoms with Crippen molar-refractivity contribution in [2.45, 2.75) is 235 Å². The molecule has 4 saturated carbocycles. The SMILES string of the molecule is CC1(C)CC[C@]2(C(=O)O[C@@H]3O[C@H](CO[C@@H]4O[C@H](CO)[C@@H](O)[C@H](O)[C@H]4O)[C@H](O)[C@H](O[C@@H]4O[C@H](CO)[C@H](O)[C@H](O)[C@H]4O[C@@H]4O[C@H](CO)[C@@H](O)[C@H](O)[C@H]4O)[C@H]3O)CC[C@]3(C)C(=CCC4[C@@]5(C)CC[C@H](O)[C@@](C)(C(=O)O)C5CC[C@]43C)C2C1. The zero-order chi connectivity index (χ0) is 57.9. The minimum Gasteiger partial charge on any atom is -0.481 e. The fraction of sp³-hybridized carbons (Fsp3) is 0.926. The highest BCUT2D eigenvalue weighted by Gasteiger charge is 2.71. The molecule has 3 unspecified atom stereocenters. The first kappa shape index (κ1) is 61.4. The third kappa shape index (κ3) is 9.95. The molecule has 0 aromatic heterocycles. The molecular weight excluding hydrogens is 1050 g/mol. The average Bonchev–Trinajstić information content (AvgIpc) is 2.61. The fourth-order valence-electron chi connectivity index (χ4n) is 16.3. The zero-order valence-electron chi connectivity index (χ0n) is 45.6. The molecule has 0 amide bonds. The van der Waals surface area contributed by atoms with Crippen molar-refractivity contribution in [2.24, 2.45) is 50.2 Å². The number of carbonyl (C=O) groups excluding carboxylic acids is 1. The van der Waals surface area contributed by atoms with Crippen molar-refractivity contribution >= 4 is 11.9 Å². The van der Waals surface area contributed by atoms with Gasteiger partial charge < -0.3 is 114 Å². The van der Waals surface area contributed by atoms with Gasteiger partial charge in [0, 0.05) is 0 Å². The second kappa shape index (κ2) is 22.4. The summed E-state index contributed by atoms with van der Waals surface area (Å²) in [6.07, 6.45) is -30.7. The molecule has 0 spiro atoms. The molecule has 0 radical (unpaired) electrons. The molecule has 25 nitrogen and oxygen atoms in total. The number of ether oxygens (including phenoxy) is 8. The van der Waals surface area contributed by atoms with Crippen LogP contribution in [0, 0.1) is 50.2 Å². The Morgan fingerprint density at radius 3 is 1.71 bits per heavy atom. The molecule has 29 atom stereocenters. The third-order valence-corrected chi connectivity index (χ3v) is 21.5. The Morgan fingerprint density at radius 2 is 1.10 bits per heavy atom. The second-order valence-electron chi connectivity index (χ2n) is 26.1. The third-order valence-electron chi connectivity index (χ3n) is 21.5. The van der Waals surface area contributed by atoms with Gasteiger partial charge in [-0.1, -0.05) is 46.3 Å². The summed E-state index contributed by atoms with van der Waals surface area (Å²) in [7, 11) is 0. The van der Waals surface area contributed by atoms with Crippen LogP contribution in [0.4, 0.5) is 0 Å². The van der Waals surface area contributed by atoms with Crippen LogP contribution in [-0.4, -0.2) is 244 Å². The van der Waals surface area contributed by atoms with Crippen LogP contribution in [0.1, 0.15) is 106 Å². The number of hydrogen-bond acceptors (Lipinski definition) is 24. The molecule has 15 N–H and O–H groups in total. The van der Waals surface area contributed by atoms with E-state index in [9.17, 15) is 81.4 Å². The summed E-state index contributed by atoms with van der Waals surface area (Å²) in [5.41, 5.74) is -2.88. The summed E-state index contributed by atoms with van der Waals surface area (Å²) in [4.78, 5) is 28.5. The van der Waals surface area contributed by atoms with Crippen molar-refractivity contribution in [1.82, 2.24) is 0 Å². The maximum absolute atomic E-state index is 15.6. The molecule has 452 valence electrons. The van der Waals surface area contributed by atoms with Crippen LogP contribution in [-0.2, 0) is 47.5 Å². The maximum Gasteiger partial charge on any atom is 0.315 e. The molecule has 9 rings (SSSR count). The van der Waals surface area contributed by atoms with Crippen LogP contribution < -0.4 is 0 Å². The molecule has 25 heteroatoms. The highest BCUT2D eigenvalue weighted by molar-refractivity contribution is 5.79. The standard InChI is InChI=1S/C54H86O25/c1-49(2)13-15-54(16-14-51(4)22(23(54)17-49)7-8-28-50(3)11-10-30(58)53(6,47(69)70)29(50)9-12-52(28,51)5)48(71)79-45-40(68)41(34(62)27(76-45)21-72-43-38(66)35(63)31(59)24(18-55)73-43)77-46-42(37(65)33(61)26(20-57)75-46)78-44-39(67)36(64)32(60)25(19-56)74-44/h7,23-46,55-68H,8-21H2,1-6H3,(H,69,70)/t23?,24-,25-,26-,27-,28?,29?,30+,31-,32-,33+,34+,35+,36+,37+,38-,39-,40-,41+,42-,43-,44+,45+,46+,50-,51-,52-,53+,54+/m1/s1. The van der Waals surface area contributed by atoms with Gasteiger partial charge >= 0.3 is 11.9 Å².